The molecule has 0 aliphatic carbocycles. The predicted octanol–water partition coefficient (Wildman–Crippen LogP) is 2.86. The molecule has 25 heavy (non-hydrogen) atoms. The van der Waals surface area contributed by atoms with Gasteiger partial charge in [0.05, 0.1) is 25.9 Å². The van der Waals surface area contributed by atoms with E-state index in [9.17, 15) is 9.59 Å². The zero-order valence-electron chi connectivity index (χ0n) is 15.8. The van der Waals surface area contributed by atoms with Crippen LogP contribution in [0.4, 0.5) is 5.69 Å². The number of amides is 2. The Morgan fingerprint density at radius 3 is 2.28 bits per heavy atom. The van der Waals surface area contributed by atoms with Crippen molar-refractivity contribution < 1.29 is 14.3 Å². The second-order valence-corrected chi connectivity index (χ2v) is 6.99. The summed E-state index contributed by atoms with van der Waals surface area (Å²) in [7, 11) is 3.27. The number of ether oxygens (including phenoxy) is 1. The molecule has 1 aromatic rings. The lowest BCUT2D eigenvalue weighted by atomic mass is 10.2. The number of hydrogen-bond acceptors (Lipinski definition) is 4. The van der Waals surface area contributed by atoms with Crippen LogP contribution in [-0.2, 0) is 9.59 Å². The summed E-state index contributed by atoms with van der Waals surface area (Å²) in [6.45, 7) is 8.19. The molecule has 6 nitrogen and oxygen atoms in total. The molecular weight excluding hydrogens is 342 g/mol. The number of anilines is 1. The first-order chi connectivity index (χ1) is 11.6. The summed E-state index contributed by atoms with van der Waals surface area (Å²) in [6, 6.07) is 5.24. The molecule has 0 atom stereocenters. The zero-order valence-corrected chi connectivity index (χ0v) is 16.6. The maximum absolute atomic E-state index is 12.4. The first-order valence-electron chi connectivity index (χ1n) is 8.28. The zero-order chi connectivity index (χ0) is 19.1. The predicted molar refractivity (Wildman–Crippen MR) is 101 cm³/mol. The van der Waals surface area contributed by atoms with E-state index < -0.39 is 0 Å². The topological polar surface area (TPSA) is 61.9 Å². The highest BCUT2D eigenvalue weighted by atomic mass is 35.5. The van der Waals surface area contributed by atoms with Crippen LogP contribution in [0.1, 0.15) is 27.7 Å². The fraction of sp³-hybridized carbons (Fsp3) is 0.556. The minimum absolute atomic E-state index is 0.000589. The molecule has 0 spiro atoms. The van der Waals surface area contributed by atoms with Crippen LogP contribution in [0.2, 0.25) is 5.02 Å². The Hall–Kier alpha value is -1.79. The van der Waals surface area contributed by atoms with Gasteiger partial charge in [-0.1, -0.05) is 11.6 Å². The van der Waals surface area contributed by atoms with Crippen molar-refractivity contribution in [3.63, 3.8) is 0 Å². The van der Waals surface area contributed by atoms with E-state index in [1.54, 1.807) is 30.1 Å². The van der Waals surface area contributed by atoms with Crippen molar-refractivity contribution in [2.75, 3.05) is 32.6 Å². The number of nitrogens with one attached hydrogen (secondary N) is 1. The Labute approximate surface area is 155 Å². The Morgan fingerprint density at radius 2 is 1.76 bits per heavy atom. The lowest BCUT2D eigenvalue weighted by Crippen LogP contribution is -2.47. The van der Waals surface area contributed by atoms with Crippen molar-refractivity contribution in [2.24, 2.45) is 0 Å². The molecule has 1 N–H and O–H groups in total. The van der Waals surface area contributed by atoms with E-state index in [2.05, 4.69) is 5.32 Å². The number of rotatable bonds is 8. The first kappa shape index (κ1) is 21.3. The third-order valence-corrected chi connectivity index (χ3v) is 3.89. The van der Waals surface area contributed by atoms with Crippen molar-refractivity contribution in [1.29, 1.82) is 0 Å². The molecule has 0 heterocycles. The molecule has 0 saturated carbocycles. The molecule has 140 valence electrons. The van der Waals surface area contributed by atoms with E-state index in [0.717, 1.165) is 0 Å². The summed E-state index contributed by atoms with van der Waals surface area (Å²) in [5.41, 5.74) is 0.505. The Balaban J connectivity index is 2.65. The molecule has 7 heteroatoms. The standard InChI is InChI=1S/C18H28ClN3O3/c1-12(2)22(13(3)4)18(24)11-21(5)10-17(23)20-15-9-14(19)7-8-16(15)25-6/h7-9,12-13H,10-11H2,1-6H3,(H,20,23). The van der Waals surface area contributed by atoms with Gasteiger partial charge in [0.25, 0.3) is 0 Å². The first-order valence-corrected chi connectivity index (χ1v) is 8.66. The smallest absolute Gasteiger partial charge is 0.238 e. The van der Waals surface area contributed by atoms with Crippen molar-refractivity contribution in [3.05, 3.63) is 23.2 Å². The summed E-state index contributed by atoms with van der Waals surface area (Å²) in [4.78, 5) is 28.2. The van der Waals surface area contributed by atoms with E-state index in [0.29, 0.717) is 16.5 Å². The van der Waals surface area contributed by atoms with Crippen LogP contribution < -0.4 is 10.1 Å². The lowest BCUT2D eigenvalue weighted by molar-refractivity contribution is -0.135. The summed E-state index contributed by atoms with van der Waals surface area (Å²) < 4.78 is 5.21. The third-order valence-electron chi connectivity index (χ3n) is 3.65. The Bertz CT molecular complexity index is 597. The van der Waals surface area contributed by atoms with Crippen molar-refractivity contribution >= 4 is 29.1 Å². The van der Waals surface area contributed by atoms with Gasteiger partial charge >= 0.3 is 0 Å². The molecule has 0 fully saturated rings. The fourth-order valence-corrected chi connectivity index (χ4v) is 2.93. The molecule has 0 aromatic heterocycles. The number of carbonyl (C=O) groups excluding carboxylic acids is 2. The Morgan fingerprint density at radius 1 is 1.16 bits per heavy atom. The highest BCUT2D eigenvalue weighted by Crippen LogP contribution is 2.27. The van der Waals surface area contributed by atoms with E-state index in [1.165, 1.54) is 7.11 Å². The van der Waals surface area contributed by atoms with Gasteiger partial charge in [0.1, 0.15) is 5.75 Å². The molecule has 0 bridgehead atoms. The molecule has 0 saturated heterocycles. The van der Waals surface area contributed by atoms with E-state index in [-0.39, 0.29) is 37.0 Å². The van der Waals surface area contributed by atoms with Gasteiger partial charge in [-0.15, -0.1) is 0 Å². The average Bonchev–Trinajstić information content (AvgIpc) is 2.45. The molecule has 0 radical (unpaired) electrons. The van der Waals surface area contributed by atoms with Crippen LogP contribution >= 0.6 is 11.6 Å². The second-order valence-electron chi connectivity index (χ2n) is 6.55. The monoisotopic (exact) mass is 369 g/mol. The number of likely N-dealkylation sites (N-methyl/N-ethyl adjacent to an activating group) is 1. The second kappa shape index (κ2) is 9.63. The number of benzene rings is 1. The molecule has 1 rings (SSSR count). The maximum Gasteiger partial charge on any atom is 0.238 e. The van der Waals surface area contributed by atoms with Crippen LogP contribution in [0.3, 0.4) is 0 Å². The molecule has 0 unspecified atom stereocenters. The molecular formula is C18H28ClN3O3. The molecule has 0 aliphatic rings. The van der Waals surface area contributed by atoms with Crippen LogP contribution in [0.15, 0.2) is 18.2 Å². The highest BCUT2D eigenvalue weighted by molar-refractivity contribution is 6.31. The van der Waals surface area contributed by atoms with Crippen molar-refractivity contribution in [1.82, 2.24) is 9.80 Å². The number of halogens is 1. The van der Waals surface area contributed by atoms with E-state index >= 15 is 0 Å². The molecule has 0 aliphatic heterocycles. The highest BCUT2D eigenvalue weighted by Gasteiger charge is 2.22. The minimum Gasteiger partial charge on any atom is -0.495 e. The van der Waals surface area contributed by atoms with Gasteiger partial charge < -0.3 is 15.0 Å². The van der Waals surface area contributed by atoms with Crippen LogP contribution in [-0.4, -0.2) is 60.9 Å². The third kappa shape index (κ3) is 6.55. The van der Waals surface area contributed by atoms with Gasteiger partial charge in [-0.25, -0.2) is 0 Å². The van der Waals surface area contributed by atoms with E-state index in [1.807, 2.05) is 32.6 Å². The van der Waals surface area contributed by atoms with Gasteiger partial charge in [-0.05, 0) is 52.9 Å². The number of methoxy groups -OCH3 is 1. The van der Waals surface area contributed by atoms with Gasteiger partial charge in [-0.3, -0.25) is 14.5 Å². The van der Waals surface area contributed by atoms with Gasteiger partial charge in [0.2, 0.25) is 11.8 Å². The minimum atomic E-state index is -0.239. The quantitative estimate of drug-likeness (QED) is 0.765. The summed E-state index contributed by atoms with van der Waals surface area (Å²) in [5.74, 6) is 0.291. The van der Waals surface area contributed by atoms with Crippen LogP contribution in [0.25, 0.3) is 0 Å². The normalized spacial score (nSPS) is 11.1. The van der Waals surface area contributed by atoms with Crippen molar-refractivity contribution in [2.45, 2.75) is 39.8 Å². The fourth-order valence-electron chi connectivity index (χ4n) is 2.75. The largest absolute Gasteiger partial charge is 0.495 e. The average molecular weight is 370 g/mol. The SMILES string of the molecule is COc1ccc(Cl)cc1NC(=O)CN(C)CC(=O)N(C(C)C)C(C)C. The molecule has 2 amide bonds. The van der Waals surface area contributed by atoms with Crippen LogP contribution in [0, 0.1) is 0 Å². The van der Waals surface area contributed by atoms with Gasteiger partial charge in [0, 0.05) is 17.1 Å². The Kier molecular flexibility index (Phi) is 8.19. The van der Waals surface area contributed by atoms with E-state index in [4.69, 9.17) is 16.3 Å². The lowest BCUT2D eigenvalue weighted by Gasteiger charge is -2.32. The number of nitrogens with zero attached hydrogens (tertiary/aromatic N) is 2. The van der Waals surface area contributed by atoms with Gasteiger partial charge in [-0.2, -0.15) is 0 Å². The van der Waals surface area contributed by atoms with Crippen LogP contribution in [0.5, 0.6) is 5.75 Å². The van der Waals surface area contributed by atoms with Gasteiger partial charge in [0.15, 0.2) is 0 Å². The number of hydrogen-bond donors (Lipinski definition) is 1. The summed E-state index contributed by atoms with van der Waals surface area (Å²) in [5, 5.41) is 3.27. The molecule has 1 aromatic carbocycles. The summed E-state index contributed by atoms with van der Waals surface area (Å²) in [6.07, 6.45) is 0. The number of carbonyl (C=O) groups is 2. The maximum atomic E-state index is 12.4. The summed E-state index contributed by atoms with van der Waals surface area (Å²) >= 11 is 5.96. The van der Waals surface area contributed by atoms with Crippen molar-refractivity contribution in [3.8, 4) is 5.75 Å².